The lowest BCUT2D eigenvalue weighted by Gasteiger charge is -2.15. The van der Waals surface area contributed by atoms with Gasteiger partial charge in [0.15, 0.2) is 11.5 Å². The standard InChI is InChI=1S/C13H17NO4/c1-2-10(13(15)16)14-9-4-5-11-12(8-9)18-7-3-6-17-11/h4-5,8,10,14H,2-3,6-7H2,1H3,(H,15,16). The van der Waals surface area contributed by atoms with Gasteiger partial charge in [-0.15, -0.1) is 0 Å². The molecule has 1 aromatic carbocycles. The molecule has 0 aliphatic carbocycles. The van der Waals surface area contributed by atoms with Crippen LogP contribution in [0.25, 0.3) is 0 Å². The van der Waals surface area contributed by atoms with Crippen LogP contribution in [0.4, 0.5) is 5.69 Å². The first kappa shape index (κ1) is 12.5. The number of aliphatic carboxylic acids is 1. The molecule has 5 nitrogen and oxygen atoms in total. The minimum absolute atomic E-state index is 0.518. The largest absolute Gasteiger partial charge is 0.490 e. The number of benzene rings is 1. The van der Waals surface area contributed by atoms with Crippen LogP contribution < -0.4 is 14.8 Å². The average Bonchev–Trinajstić information content (AvgIpc) is 2.60. The fourth-order valence-electron chi connectivity index (χ4n) is 1.79. The van der Waals surface area contributed by atoms with Crippen molar-refractivity contribution in [3.63, 3.8) is 0 Å². The third kappa shape index (κ3) is 2.85. The second kappa shape index (κ2) is 5.62. The molecule has 0 aromatic heterocycles. The van der Waals surface area contributed by atoms with Crippen LogP contribution in [0.2, 0.25) is 0 Å². The molecule has 0 saturated carbocycles. The Bertz CT molecular complexity index is 433. The summed E-state index contributed by atoms with van der Waals surface area (Å²) in [5.74, 6) is 0.517. The quantitative estimate of drug-likeness (QED) is 0.858. The molecule has 0 amide bonds. The van der Waals surface area contributed by atoms with Crippen LogP contribution in [0, 0.1) is 0 Å². The molecule has 0 saturated heterocycles. The first-order valence-corrected chi connectivity index (χ1v) is 6.09. The molecule has 0 bridgehead atoms. The molecule has 0 radical (unpaired) electrons. The van der Waals surface area contributed by atoms with Gasteiger partial charge >= 0.3 is 5.97 Å². The van der Waals surface area contributed by atoms with Crippen LogP contribution in [0.3, 0.4) is 0 Å². The lowest BCUT2D eigenvalue weighted by atomic mass is 10.2. The van der Waals surface area contributed by atoms with E-state index in [0.29, 0.717) is 31.1 Å². The monoisotopic (exact) mass is 251 g/mol. The van der Waals surface area contributed by atoms with Gasteiger partial charge in [0.05, 0.1) is 13.2 Å². The van der Waals surface area contributed by atoms with E-state index in [1.807, 2.05) is 6.92 Å². The molecule has 18 heavy (non-hydrogen) atoms. The van der Waals surface area contributed by atoms with Gasteiger partial charge in [-0.2, -0.15) is 0 Å². The summed E-state index contributed by atoms with van der Waals surface area (Å²) in [6.07, 6.45) is 1.37. The van der Waals surface area contributed by atoms with Gasteiger partial charge < -0.3 is 19.9 Å². The Hall–Kier alpha value is -1.91. The summed E-state index contributed by atoms with van der Waals surface area (Å²) in [5.41, 5.74) is 0.730. The molecular formula is C13H17NO4. The van der Waals surface area contributed by atoms with E-state index < -0.39 is 12.0 Å². The maximum atomic E-state index is 11.0. The number of anilines is 1. The molecule has 1 aliphatic rings. The Morgan fingerprint density at radius 1 is 1.39 bits per heavy atom. The highest BCUT2D eigenvalue weighted by Gasteiger charge is 2.16. The van der Waals surface area contributed by atoms with E-state index >= 15 is 0 Å². The van der Waals surface area contributed by atoms with Crippen molar-refractivity contribution in [3.8, 4) is 11.5 Å². The fraction of sp³-hybridized carbons (Fsp3) is 0.462. The van der Waals surface area contributed by atoms with Gasteiger partial charge in [-0.1, -0.05) is 6.92 Å². The van der Waals surface area contributed by atoms with Gasteiger partial charge in [-0.3, -0.25) is 0 Å². The van der Waals surface area contributed by atoms with Crippen molar-refractivity contribution in [3.05, 3.63) is 18.2 Å². The first-order valence-electron chi connectivity index (χ1n) is 6.09. The highest BCUT2D eigenvalue weighted by atomic mass is 16.5. The maximum absolute atomic E-state index is 11.0. The van der Waals surface area contributed by atoms with Crippen LogP contribution in [0.1, 0.15) is 19.8 Å². The van der Waals surface area contributed by atoms with Crippen molar-refractivity contribution in [2.24, 2.45) is 0 Å². The Morgan fingerprint density at radius 3 is 2.78 bits per heavy atom. The van der Waals surface area contributed by atoms with E-state index in [1.165, 1.54) is 0 Å². The minimum Gasteiger partial charge on any atom is -0.490 e. The van der Waals surface area contributed by atoms with Gasteiger partial charge in [-0.05, 0) is 18.6 Å². The average molecular weight is 251 g/mol. The second-order valence-electron chi connectivity index (χ2n) is 4.16. The lowest BCUT2D eigenvalue weighted by molar-refractivity contribution is -0.137. The van der Waals surface area contributed by atoms with Crippen LogP contribution in [0.5, 0.6) is 11.5 Å². The van der Waals surface area contributed by atoms with Gasteiger partial charge in [0.2, 0.25) is 0 Å². The summed E-state index contributed by atoms with van der Waals surface area (Å²) in [5, 5.41) is 12.0. The zero-order valence-corrected chi connectivity index (χ0v) is 10.3. The maximum Gasteiger partial charge on any atom is 0.326 e. The normalized spacial score (nSPS) is 15.6. The van der Waals surface area contributed by atoms with E-state index in [9.17, 15) is 4.79 Å². The third-order valence-corrected chi connectivity index (χ3v) is 2.79. The Labute approximate surface area is 106 Å². The molecule has 2 rings (SSSR count). The molecule has 5 heteroatoms. The topological polar surface area (TPSA) is 67.8 Å². The Kier molecular flexibility index (Phi) is 3.92. The fourth-order valence-corrected chi connectivity index (χ4v) is 1.79. The van der Waals surface area contributed by atoms with Gasteiger partial charge in [0, 0.05) is 18.2 Å². The van der Waals surface area contributed by atoms with E-state index in [4.69, 9.17) is 14.6 Å². The molecule has 98 valence electrons. The number of fused-ring (bicyclic) bond motifs is 1. The van der Waals surface area contributed by atoms with Crippen molar-refractivity contribution >= 4 is 11.7 Å². The van der Waals surface area contributed by atoms with Crippen molar-refractivity contribution < 1.29 is 19.4 Å². The van der Waals surface area contributed by atoms with Crippen molar-refractivity contribution in [2.45, 2.75) is 25.8 Å². The summed E-state index contributed by atoms with van der Waals surface area (Å²) < 4.78 is 11.1. The third-order valence-electron chi connectivity index (χ3n) is 2.79. The van der Waals surface area contributed by atoms with Gasteiger partial charge in [-0.25, -0.2) is 4.79 Å². The van der Waals surface area contributed by atoms with Crippen LogP contribution in [-0.4, -0.2) is 30.3 Å². The summed E-state index contributed by atoms with van der Waals surface area (Å²) in [7, 11) is 0. The number of ether oxygens (including phenoxy) is 2. The smallest absolute Gasteiger partial charge is 0.326 e. The predicted octanol–water partition coefficient (Wildman–Crippen LogP) is 2.12. The first-order chi connectivity index (χ1) is 8.70. The zero-order valence-electron chi connectivity index (χ0n) is 10.3. The predicted molar refractivity (Wildman–Crippen MR) is 67.4 cm³/mol. The number of carboxylic acids is 1. The Balaban J connectivity index is 2.15. The molecule has 1 aliphatic heterocycles. The van der Waals surface area contributed by atoms with Crippen molar-refractivity contribution in [1.29, 1.82) is 0 Å². The highest BCUT2D eigenvalue weighted by molar-refractivity contribution is 5.77. The molecular weight excluding hydrogens is 234 g/mol. The Morgan fingerprint density at radius 2 is 2.11 bits per heavy atom. The van der Waals surface area contributed by atoms with E-state index in [1.54, 1.807) is 18.2 Å². The van der Waals surface area contributed by atoms with Crippen LogP contribution >= 0.6 is 0 Å². The second-order valence-corrected chi connectivity index (χ2v) is 4.16. The van der Waals surface area contributed by atoms with Gasteiger partial charge in [0.1, 0.15) is 6.04 Å². The number of nitrogens with one attached hydrogen (secondary N) is 1. The number of carboxylic acid groups (broad SMARTS) is 1. The SMILES string of the molecule is CCC(Nc1ccc2c(c1)OCCCO2)C(=O)O. The van der Waals surface area contributed by atoms with Crippen LogP contribution in [0.15, 0.2) is 18.2 Å². The summed E-state index contributed by atoms with van der Waals surface area (Å²) in [6.45, 7) is 3.09. The van der Waals surface area contributed by atoms with Gasteiger partial charge in [0.25, 0.3) is 0 Å². The number of hydrogen-bond acceptors (Lipinski definition) is 4. The molecule has 1 heterocycles. The minimum atomic E-state index is -0.857. The zero-order chi connectivity index (χ0) is 13.0. The van der Waals surface area contributed by atoms with Crippen LogP contribution in [-0.2, 0) is 4.79 Å². The van der Waals surface area contributed by atoms with Crippen molar-refractivity contribution in [2.75, 3.05) is 18.5 Å². The number of rotatable bonds is 4. The van der Waals surface area contributed by atoms with E-state index in [-0.39, 0.29) is 0 Å². The summed E-state index contributed by atoms with van der Waals surface area (Å²) in [4.78, 5) is 11.0. The molecule has 1 aromatic rings. The highest BCUT2D eigenvalue weighted by Crippen LogP contribution is 2.32. The number of hydrogen-bond donors (Lipinski definition) is 2. The summed E-state index contributed by atoms with van der Waals surface area (Å²) >= 11 is 0. The summed E-state index contributed by atoms with van der Waals surface area (Å²) in [6, 6.07) is 4.80. The molecule has 0 fully saturated rings. The molecule has 2 N–H and O–H groups in total. The van der Waals surface area contributed by atoms with E-state index in [0.717, 1.165) is 12.1 Å². The molecule has 0 spiro atoms. The molecule has 1 atom stereocenters. The number of carbonyl (C=O) groups is 1. The van der Waals surface area contributed by atoms with Crippen molar-refractivity contribution in [1.82, 2.24) is 0 Å². The van der Waals surface area contributed by atoms with E-state index in [2.05, 4.69) is 5.32 Å². The molecule has 1 unspecified atom stereocenters. The lowest BCUT2D eigenvalue weighted by Crippen LogP contribution is -2.28.